The van der Waals surface area contributed by atoms with E-state index in [4.69, 9.17) is 4.74 Å². The van der Waals surface area contributed by atoms with Crippen molar-refractivity contribution in [3.8, 4) is 11.5 Å². The number of rotatable bonds is 6. The number of hydrogen-bond acceptors (Lipinski definition) is 5. The Kier molecular flexibility index (Phi) is 6.83. The van der Waals surface area contributed by atoms with Crippen LogP contribution >= 0.6 is 31.9 Å². The van der Waals surface area contributed by atoms with E-state index in [2.05, 4.69) is 47.7 Å². The van der Waals surface area contributed by atoms with Crippen molar-refractivity contribution in [2.24, 2.45) is 5.10 Å². The molecule has 132 valence electrons. The number of carbonyl (C=O) groups is 1. The van der Waals surface area contributed by atoms with E-state index >= 15 is 0 Å². The van der Waals surface area contributed by atoms with E-state index < -0.39 is 0 Å². The summed E-state index contributed by atoms with van der Waals surface area (Å²) in [4.78, 5) is 11.8. The van der Waals surface area contributed by atoms with E-state index in [9.17, 15) is 9.90 Å². The van der Waals surface area contributed by atoms with Crippen LogP contribution in [0.25, 0.3) is 0 Å². The largest absolute Gasteiger partial charge is 0.504 e. The van der Waals surface area contributed by atoms with Gasteiger partial charge in [0.05, 0.1) is 25.4 Å². The number of aryl methyl sites for hydroxylation is 1. The lowest BCUT2D eigenvalue weighted by Crippen LogP contribution is -2.25. The second-order valence-corrected chi connectivity index (χ2v) is 6.80. The van der Waals surface area contributed by atoms with Gasteiger partial charge in [0.25, 0.3) is 5.91 Å². The van der Waals surface area contributed by atoms with Crippen LogP contribution in [0.1, 0.15) is 11.1 Å². The van der Waals surface area contributed by atoms with Crippen molar-refractivity contribution >= 4 is 49.7 Å². The van der Waals surface area contributed by atoms with E-state index in [1.165, 1.54) is 13.3 Å². The van der Waals surface area contributed by atoms with Gasteiger partial charge in [-0.15, -0.1) is 0 Å². The van der Waals surface area contributed by atoms with Gasteiger partial charge in [-0.3, -0.25) is 4.79 Å². The summed E-state index contributed by atoms with van der Waals surface area (Å²) in [5, 5.41) is 17.0. The molecule has 0 unspecified atom stereocenters. The zero-order valence-electron chi connectivity index (χ0n) is 13.6. The molecule has 3 N–H and O–H groups in total. The number of halogens is 2. The summed E-state index contributed by atoms with van der Waals surface area (Å²) >= 11 is 6.70. The van der Waals surface area contributed by atoms with Crippen molar-refractivity contribution in [1.29, 1.82) is 0 Å². The number of methoxy groups -OCH3 is 1. The van der Waals surface area contributed by atoms with Crippen molar-refractivity contribution in [2.45, 2.75) is 6.92 Å². The molecule has 1 amide bonds. The highest BCUT2D eigenvalue weighted by atomic mass is 79.9. The molecule has 0 atom stereocenters. The quantitative estimate of drug-likeness (QED) is 0.443. The molecule has 8 heteroatoms. The van der Waals surface area contributed by atoms with Gasteiger partial charge in [-0.1, -0.05) is 17.7 Å². The Bertz CT molecular complexity index is 793. The average molecular weight is 471 g/mol. The number of nitrogens with zero attached hydrogens (tertiary/aromatic N) is 1. The first-order valence-corrected chi connectivity index (χ1v) is 8.88. The first kappa shape index (κ1) is 19.3. The van der Waals surface area contributed by atoms with Crippen LogP contribution in [0, 0.1) is 6.92 Å². The molecule has 0 aliphatic carbocycles. The number of nitrogens with one attached hydrogen (secondary N) is 2. The summed E-state index contributed by atoms with van der Waals surface area (Å²) in [5.41, 5.74) is 4.79. The van der Waals surface area contributed by atoms with Crippen molar-refractivity contribution in [1.82, 2.24) is 5.43 Å². The number of hydrazone groups is 1. The minimum atomic E-state index is -0.311. The molecule has 0 saturated heterocycles. The number of aromatic hydroxyl groups is 1. The molecule has 0 heterocycles. The number of amides is 1. The lowest BCUT2D eigenvalue weighted by atomic mass is 10.2. The maximum Gasteiger partial charge on any atom is 0.259 e. The lowest BCUT2D eigenvalue weighted by molar-refractivity contribution is -0.119. The first-order valence-electron chi connectivity index (χ1n) is 7.29. The topological polar surface area (TPSA) is 83.0 Å². The minimum absolute atomic E-state index is 0.0756. The molecule has 2 rings (SSSR count). The lowest BCUT2D eigenvalue weighted by Gasteiger charge is -2.10. The van der Waals surface area contributed by atoms with Crippen LogP contribution in [-0.4, -0.2) is 30.9 Å². The molecular formula is C17H17Br2N3O3. The summed E-state index contributed by atoms with van der Waals surface area (Å²) in [6, 6.07) is 9.34. The van der Waals surface area contributed by atoms with Crippen LogP contribution in [0.15, 0.2) is 44.4 Å². The van der Waals surface area contributed by atoms with Gasteiger partial charge in [0.2, 0.25) is 0 Å². The Hall–Kier alpha value is -2.06. The van der Waals surface area contributed by atoms with Gasteiger partial charge in [0, 0.05) is 14.6 Å². The van der Waals surface area contributed by atoms with E-state index in [0.717, 1.165) is 11.3 Å². The van der Waals surface area contributed by atoms with Crippen LogP contribution < -0.4 is 15.5 Å². The standard InChI is InChI=1S/C17H17Br2N3O3/c1-10-3-5-11(6-4-10)20-9-15(23)22-21-8-12-16(19)13(18)7-14(25-2)17(12)24/h3-8,20,24H,9H2,1-2H3,(H,22,23)/b21-8-. The number of phenols is 1. The zero-order chi connectivity index (χ0) is 18.4. The van der Waals surface area contributed by atoms with Crippen molar-refractivity contribution in [2.75, 3.05) is 19.0 Å². The Morgan fingerprint density at radius 1 is 1.32 bits per heavy atom. The fourth-order valence-corrected chi connectivity index (χ4v) is 2.77. The van der Waals surface area contributed by atoms with Crippen molar-refractivity contribution in [3.63, 3.8) is 0 Å². The minimum Gasteiger partial charge on any atom is -0.504 e. The number of hydrogen-bond donors (Lipinski definition) is 3. The molecule has 0 saturated carbocycles. The number of carbonyl (C=O) groups excluding carboxylic acids is 1. The van der Waals surface area contributed by atoms with Gasteiger partial charge in [0.1, 0.15) is 0 Å². The molecule has 0 fully saturated rings. The molecule has 0 radical (unpaired) electrons. The van der Waals surface area contributed by atoms with E-state index in [1.807, 2.05) is 31.2 Å². The highest BCUT2D eigenvalue weighted by molar-refractivity contribution is 9.13. The summed E-state index contributed by atoms with van der Waals surface area (Å²) in [7, 11) is 1.45. The van der Waals surface area contributed by atoms with Gasteiger partial charge in [0.15, 0.2) is 11.5 Å². The number of benzene rings is 2. The second-order valence-electron chi connectivity index (χ2n) is 5.15. The number of ether oxygens (including phenoxy) is 1. The van der Waals surface area contributed by atoms with E-state index in [-0.39, 0.29) is 18.2 Å². The van der Waals surface area contributed by atoms with E-state index in [1.54, 1.807) is 6.07 Å². The Morgan fingerprint density at radius 2 is 2.00 bits per heavy atom. The molecular weight excluding hydrogens is 454 g/mol. The Morgan fingerprint density at radius 3 is 2.64 bits per heavy atom. The maximum atomic E-state index is 11.8. The molecule has 0 aliphatic heterocycles. The maximum absolute atomic E-state index is 11.8. The molecule has 0 aromatic heterocycles. The van der Waals surface area contributed by atoms with Crippen LogP contribution in [-0.2, 0) is 4.79 Å². The Balaban J connectivity index is 1.97. The molecule has 2 aromatic rings. The van der Waals surface area contributed by atoms with E-state index in [0.29, 0.717) is 20.3 Å². The van der Waals surface area contributed by atoms with Crippen LogP contribution in [0.3, 0.4) is 0 Å². The molecule has 0 bridgehead atoms. The summed E-state index contributed by atoms with van der Waals surface area (Å²) in [6.45, 7) is 2.07. The summed E-state index contributed by atoms with van der Waals surface area (Å²) < 4.78 is 6.37. The predicted octanol–water partition coefficient (Wildman–Crippen LogP) is 3.80. The summed E-state index contributed by atoms with van der Waals surface area (Å²) in [5.74, 6) is -0.0911. The van der Waals surface area contributed by atoms with Crippen LogP contribution in [0.4, 0.5) is 5.69 Å². The SMILES string of the molecule is COc1cc(Br)c(Br)c(/C=N\NC(=O)CNc2ccc(C)cc2)c1O. The highest BCUT2D eigenvalue weighted by Gasteiger charge is 2.14. The third-order valence-corrected chi connectivity index (χ3v) is 5.31. The fraction of sp³-hybridized carbons (Fsp3) is 0.176. The van der Waals surface area contributed by atoms with Gasteiger partial charge < -0.3 is 15.2 Å². The number of phenolic OH excluding ortho intramolecular Hbond substituents is 1. The van der Waals surface area contributed by atoms with Gasteiger partial charge in [-0.05, 0) is 57.0 Å². The molecule has 6 nitrogen and oxygen atoms in total. The second kappa shape index (κ2) is 8.87. The average Bonchev–Trinajstić information content (AvgIpc) is 2.60. The predicted molar refractivity (Wildman–Crippen MR) is 105 cm³/mol. The number of anilines is 1. The third kappa shape index (κ3) is 5.20. The molecule has 0 spiro atoms. The third-order valence-electron chi connectivity index (χ3n) is 3.30. The van der Waals surface area contributed by atoms with Crippen molar-refractivity contribution < 1.29 is 14.6 Å². The highest BCUT2D eigenvalue weighted by Crippen LogP contribution is 2.39. The first-order chi connectivity index (χ1) is 11.9. The van der Waals surface area contributed by atoms with Gasteiger partial charge >= 0.3 is 0 Å². The Labute approximate surface area is 162 Å². The monoisotopic (exact) mass is 469 g/mol. The van der Waals surface area contributed by atoms with Gasteiger partial charge in [-0.25, -0.2) is 5.43 Å². The van der Waals surface area contributed by atoms with Crippen LogP contribution in [0.2, 0.25) is 0 Å². The molecule has 25 heavy (non-hydrogen) atoms. The van der Waals surface area contributed by atoms with Crippen LogP contribution in [0.5, 0.6) is 11.5 Å². The zero-order valence-corrected chi connectivity index (χ0v) is 16.8. The molecule has 0 aliphatic rings. The fourth-order valence-electron chi connectivity index (χ4n) is 1.95. The van der Waals surface area contributed by atoms with Gasteiger partial charge in [-0.2, -0.15) is 5.10 Å². The normalized spacial score (nSPS) is 10.7. The smallest absolute Gasteiger partial charge is 0.259 e. The summed E-state index contributed by atoms with van der Waals surface area (Å²) in [6.07, 6.45) is 1.34. The van der Waals surface area contributed by atoms with Crippen molar-refractivity contribution in [3.05, 3.63) is 50.4 Å². The molecule has 2 aromatic carbocycles.